The van der Waals surface area contributed by atoms with Crippen LogP contribution in [-0.2, 0) is 6.42 Å². The van der Waals surface area contributed by atoms with Crippen LogP contribution in [0.25, 0.3) is 0 Å². The summed E-state index contributed by atoms with van der Waals surface area (Å²) in [7, 11) is 0. The average molecular weight is 286 g/mol. The van der Waals surface area contributed by atoms with Crippen molar-refractivity contribution >= 4 is 23.2 Å². The first-order valence-electron chi connectivity index (χ1n) is 6.82. The van der Waals surface area contributed by atoms with E-state index in [0.29, 0.717) is 11.1 Å². The molecule has 100 valence electrons. The fourth-order valence-electron chi connectivity index (χ4n) is 2.49. The molecule has 0 radical (unpaired) electrons. The summed E-state index contributed by atoms with van der Waals surface area (Å²) in [5.41, 5.74) is 1.17. The molecule has 1 fully saturated rings. The van der Waals surface area contributed by atoms with Gasteiger partial charge >= 0.3 is 0 Å². The van der Waals surface area contributed by atoms with Gasteiger partial charge in [0.15, 0.2) is 0 Å². The lowest BCUT2D eigenvalue weighted by atomic mass is 9.81. The maximum Gasteiger partial charge on any atom is 0.0453 e. The molecule has 18 heavy (non-hydrogen) atoms. The van der Waals surface area contributed by atoms with Gasteiger partial charge in [-0.2, -0.15) is 0 Å². The van der Waals surface area contributed by atoms with E-state index in [1.54, 1.807) is 0 Å². The summed E-state index contributed by atoms with van der Waals surface area (Å²) in [5.74, 6) is 0.964. The van der Waals surface area contributed by atoms with Crippen LogP contribution in [0.5, 0.6) is 0 Å². The molecule has 1 atom stereocenters. The lowest BCUT2D eigenvalue weighted by molar-refractivity contribution is 0.266. The van der Waals surface area contributed by atoms with E-state index >= 15 is 0 Å². The molecule has 1 aliphatic carbocycles. The van der Waals surface area contributed by atoms with Crippen LogP contribution in [0.4, 0.5) is 0 Å². The second kappa shape index (κ2) is 6.79. The lowest BCUT2D eigenvalue weighted by Crippen LogP contribution is -2.31. The van der Waals surface area contributed by atoms with Crippen molar-refractivity contribution in [3.05, 3.63) is 33.8 Å². The molecule has 0 amide bonds. The Labute approximate surface area is 120 Å². The Hall–Kier alpha value is -0.240. The van der Waals surface area contributed by atoms with Crippen molar-refractivity contribution in [1.29, 1.82) is 0 Å². The summed E-state index contributed by atoms with van der Waals surface area (Å²) in [6, 6.07) is 6.35. The highest BCUT2D eigenvalue weighted by Gasteiger charge is 2.19. The normalized spacial score (nSPS) is 17.5. The molecule has 0 spiro atoms. The molecule has 3 heteroatoms. The molecule has 1 aromatic rings. The molecule has 0 bridgehead atoms. The van der Waals surface area contributed by atoms with Crippen molar-refractivity contribution < 1.29 is 0 Å². The third-order valence-electron chi connectivity index (χ3n) is 3.81. The van der Waals surface area contributed by atoms with Crippen LogP contribution >= 0.6 is 23.2 Å². The highest BCUT2D eigenvalue weighted by Crippen LogP contribution is 2.30. The van der Waals surface area contributed by atoms with Gasteiger partial charge in [-0.3, -0.25) is 0 Å². The third-order valence-corrected chi connectivity index (χ3v) is 4.40. The van der Waals surface area contributed by atoms with Gasteiger partial charge in [0, 0.05) is 16.1 Å². The molecule has 1 nitrogen and oxygen atoms in total. The van der Waals surface area contributed by atoms with Gasteiger partial charge in [0.2, 0.25) is 0 Å². The minimum Gasteiger partial charge on any atom is -0.314 e. The summed E-state index contributed by atoms with van der Waals surface area (Å²) < 4.78 is 0. The Morgan fingerprint density at radius 1 is 1.33 bits per heavy atom. The van der Waals surface area contributed by atoms with Gasteiger partial charge in [0.05, 0.1) is 0 Å². The Balaban J connectivity index is 1.70. The first-order valence-corrected chi connectivity index (χ1v) is 7.58. The van der Waals surface area contributed by atoms with E-state index in [4.69, 9.17) is 23.2 Å². The predicted molar refractivity (Wildman–Crippen MR) is 79.6 cm³/mol. The van der Waals surface area contributed by atoms with Crippen LogP contribution in [0.15, 0.2) is 18.2 Å². The zero-order chi connectivity index (χ0) is 13.0. The Bertz CT molecular complexity index is 388. The van der Waals surface area contributed by atoms with Crippen LogP contribution in [0.1, 0.15) is 38.2 Å². The van der Waals surface area contributed by atoms with E-state index in [9.17, 15) is 0 Å². The minimum atomic E-state index is 0.612. The summed E-state index contributed by atoms with van der Waals surface area (Å²) in [6.07, 6.45) is 6.56. The summed E-state index contributed by atoms with van der Waals surface area (Å²) in [4.78, 5) is 0. The molecular weight excluding hydrogens is 265 g/mol. The van der Waals surface area contributed by atoms with Crippen LogP contribution in [0.2, 0.25) is 10.0 Å². The quantitative estimate of drug-likeness (QED) is 0.799. The van der Waals surface area contributed by atoms with Crippen LogP contribution in [0, 0.1) is 5.92 Å². The molecule has 1 saturated carbocycles. The van der Waals surface area contributed by atoms with E-state index < -0.39 is 0 Å². The average Bonchev–Trinajstić information content (AvgIpc) is 2.27. The zero-order valence-corrected chi connectivity index (χ0v) is 12.4. The minimum absolute atomic E-state index is 0.612. The van der Waals surface area contributed by atoms with Crippen molar-refractivity contribution in [2.75, 3.05) is 6.54 Å². The second-order valence-corrected chi connectivity index (χ2v) is 6.22. The summed E-state index contributed by atoms with van der Waals surface area (Å²) >= 11 is 12.0. The number of benzene rings is 1. The molecule has 1 aliphatic rings. The van der Waals surface area contributed by atoms with E-state index in [2.05, 4.69) is 12.2 Å². The van der Waals surface area contributed by atoms with Crippen molar-refractivity contribution in [3.8, 4) is 0 Å². The maximum absolute atomic E-state index is 6.15. The zero-order valence-electron chi connectivity index (χ0n) is 10.9. The van der Waals surface area contributed by atoms with E-state index in [0.717, 1.165) is 23.9 Å². The number of hydrogen-bond donors (Lipinski definition) is 1. The second-order valence-electron chi connectivity index (χ2n) is 5.37. The van der Waals surface area contributed by atoms with Gasteiger partial charge in [-0.1, -0.05) is 48.5 Å². The van der Waals surface area contributed by atoms with Crippen molar-refractivity contribution in [1.82, 2.24) is 5.32 Å². The molecule has 0 aliphatic heterocycles. The van der Waals surface area contributed by atoms with Crippen LogP contribution < -0.4 is 5.32 Å². The fourth-order valence-corrected chi connectivity index (χ4v) is 2.99. The largest absolute Gasteiger partial charge is 0.314 e. The topological polar surface area (TPSA) is 12.0 Å². The smallest absolute Gasteiger partial charge is 0.0453 e. The summed E-state index contributed by atoms with van der Waals surface area (Å²) in [5, 5.41) is 5.06. The van der Waals surface area contributed by atoms with Crippen molar-refractivity contribution in [2.45, 2.75) is 45.1 Å². The number of rotatable bonds is 6. The molecular formula is C15H21Cl2N. The fraction of sp³-hybridized carbons (Fsp3) is 0.600. The van der Waals surface area contributed by atoms with E-state index in [1.165, 1.54) is 31.2 Å². The number of nitrogens with one attached hydrogen (secondary N) is 1. The van der Waals surface area contributed by atoms with E-state index in [-0.39, 0.29) is 0 Å². The van der Waals surface area contributed by atoms with Crippen molar-refractivity contribution in [2.24, 2.45) is 5.92 Å². The van der Waals surface area contributed by atoms with E-state index in [1.807, 2.05) is 18.2 Å². The highest BCUT2D eigenvalue weighted by atomic mass is 35.5. The molecule has 0 heterocycles. The molecule has 0 aromatic heterocycles. The van der Waals surface area contributed by atoms with Gasteiger partial charge in [0.25, 0.3) is 0 Å². The Morgan fingerprint density at radius 3 is 2.72 bits per heavy atom. The summed E-state index contributed by atoms with van der Waals surface area (Å²) in [6.45, 7) is 3.26. The van der Waals surface area contributed by atoms with Gasteiger partial charge < -0.3 is 5.32 Å². The molecule has 1 N–H and O–H groups in total. The number of halogens is 2. The van der Waals surface area contributed by atoms with Crippen LogP contribution in [-0.4, -0.2) is 12.6 Å². The lowest BCUT2D eigenvalue weighted by Gasteiger charge is -2.28. The molecule has 2 rings (SSSR count). The molecule has 1 unspecified atom stereocenters. The SMILES string of the molecule is CC(CC1CCC1)NCCc1ccc(Cl)cc1Cl. The highest BCUT2D eigenvalue weighted by molar-refractivity contribution is 6.35. The maximum atomic E-state index is 6.15. The Kier molecular flexibility index (Phi) is 5.35. The standard InChI is InChI=1S/C15H21Cl2N/c1-11(9-12-3-2-4-12)18-8-7-13-5-6-14(16)10-15(13)17/h5-6,10-12,18H,2-4,7-9H2,1H3. The van der Waals surface area contributed by atoms with Gasteiger partial charge in [-0.05, 0) is 49.9 Å². The molecule has 0 saturated heterocycles. The van der Waals surface area contributed by atoms with Gasteiger partial charge in [-0.25, -0.2) is 0 Å². The first kappa shape index (κ1) is 14.2. The van der Waals surface area contributed by atoms with Gasteiger partial charge in [0.1, 0.15) is 0 Å². The number of hydrogen-bond acceptors (Lipinski definition) is 1. The first-order chi connectivity index (χ1) is 8.65. The Morgan fingerprint density at radius 2 is 2.11 bits per heavy atom. The van der Waals surface area contributed by atoms with Crippen molar-refractivity contribution in [3.63, 3.8) is 0 Å². The van der Waals surface area contributed by atoms with Crippen LogP contribution in [0.3, 0.4) is 0 Å². The predicted octanol–water partition coefficient (Wildman–Crippen LogP) is 4.70. The third kappa shape index (κ3) is 4.15. The van der Waals surface area contributed by atoms with Gasteiger partial charge in [-0.15, -0.1) is 0 Å². The molecule has 1 aromatic carbocycles. The monoisotopic (exact) mass is 285 g/mol.